The molecular weight excluding hydrogens is 188 g/mol. The minimum Gasteiger partial charge on any atom is -0.143 e. The Morgan fingerprint density at radius 2 is 2.42 bits per heavy atom. The lowest BCUT2D eigenvalue weighted by Crippen LogP contribution is -1.78. The molecule has 0 N–H and O–H groups in total. The Balaban J connectivity index is 2.21. The third-order valence-electron chi connectivity index (χ3n) is 1.20. The van der Waals surface area contributed by atoms with E-state index in [0.29, 0.717) is 0 Å². The molecule has 0 saturated heterocycles. The summed E-state index contributed by atoms with van der Waals surface area (Å²) in [5.41, 5.74) is 0. The standard InChI is InChI=1S/C8H10N2S2/c1-3-4-5-6-11-8-10-9-7(2)12-8/h1H,4-6H2,2H3. The van der Waals surface area contributed by atoms with E-state index in [2.05, 4.69) is 16.1 Å². The van der Waals surface area contributed by atoms with E-state index in [4.69, 9.17) is 6.42 Å². The monoisotopic (exact) mass is 198 g/mol. The van der Waals surface area contributed by atoms with Gasteiger partial charge in [-0.25, -0.2) is 0 Å². The third kappa shape index (κ3) is 3.24. The van der Waals surface area contributed by atoms with Crippen molar-refractivity contribution in [2.75, 3.05) is 5.75 Å². The average molecular weight is 198 g/mol. The van der Waals surface area contributed by atoms with Gasteiger partial charge < -0.3 is 0 Å². The van der Waals surface area contributed by atoms with Gasteiger partial charge in [-0.3, -0.25) is 0 Å². The number of aromatic nitrogens is 2. The van der Waals surface area contributed by atoms with Crippen LogP contribution in [0.2, 0.25) is 0 Å². The topological polar surface area (TPSA) is 25.8 Å². The van der Waals surface area contributed by atoms with Crippen molar-refractivity contribution in [2.45, 2.75) is 24.1 Å². The van der Waals surface area contributed by atoms with Crippen LogP contribution in [0.4, 0.5) is 0 Å². The van der Waals surface area contributed by atoms with Crippen LogP contribution in [0.15, 0.2) is 4.34 Å². The van der Waals surface area contributed by atoms with Gasteiger partial charge in [-0.1, -0.05) is 23.1 Å². The molecule has 0 bridgehead atoms. The van der Waals surface area contributed by atoms with E-state index >= 15 is 0 Å². The number of rotatable bonds is 4. The van der Waals surface area contributed by atoms with Crippen LogP contribution in [0, 0.1) is 19.3 Å². The first kappa shape index (κ1) is 9.56. The molecule has 0 spiro atoms. The summed E-state index contributed by atoms with van der Waals surface area (Å²) in [6, 6.07) is 0. The molecule has 0 radical (unpaired) electrons. The van der Waals surface area contributed by atoms with E-state index in [1.54, 1.807) is 23.1 Å². The molecular formula is C8H10N2S2. The van der Waals surface area contributed by atoms with Gasteiger partial charge in [-0.05, 0) is 13.3 Å². The molecule has 0 fully saturated rings. The predicted molar refractivity (Wildman–Crippen MR) is 53.4 cm³/mol. The van der Waals surface area contributed by atoms with Crippen LogP contribution in [-0.2, 0) is 0 Å². The summed E-state index contributed by atoms with van der Waals surface area (Å²) in [5, 5.41) is 8.94. The van der Waals surface area contributed by atoms with Crippen molar-refractivity contribution < 1.29 is 0 Å². The Hall–Kier alpha value is -0.530. The van der Waals surface area contributed by atoms with Crippen LogP contribution in [-0.4, -0.2) is 16.0 Å². The van der Waals surface area contributed by atoms with Crippen LogP contribution in [0.5, 0.6) is 0 Å². The highest BCUT2D eigenvalue weighted by atomic mass is 32.2. The second kappa shape index (κ2) is 5.18. The largest absolute Gasteiger partial charge is 0.174 e. The SMILES string of the molecule is C#CCCCSc1nnc(C)s1. The molecule has 1 rings (SSSR count). The summed E-state index contributed by atoms with van der Waals surface area (Å²) >= 11 is 3.37. The molecule has 12 heavy (non-hydrogen) atoms. The highest BCUT2D eigenvalue weighted by Crippen LogP contribution is 2.22. The first-order valence-electron chi connectivity index (χ1n) is 3.69. The molecule has 0 unspecified atom stereocenters. The maximum atomic E-state index is 5.13. The van der Waals surface area contributed by atoms with Gasteiger partial charge in [0.15, 0.2) is 4.34 Å². The van der Waals surface area contributed by atoms with E-state index in [1.807, 2.05) is 6.92 Å². The lowest BCUT2D eigenvalue weighted by atomic mass is 10.4. The first-order valence-corrected chi connectivity index (χ1v) is 5.49. The second-order valence-electron chi connectivity index (χ2n) is 2.24. The van der Waals surface area contributed by atoms with Crippen LogP contribution < -0.4 is 0 Å². The van der Waals surface area contributed by atoms with Gasteiger partial charge in [-0.2, -0.15) is 0 Å². The molecule has 1 heterocycles. The highest BCUT2D eigenvalue weighted by molar-refractivity contribution is 8.01. The zero-order valence-corrected chi connectivity index (χ0v) is 8.54. The Morgan fingerprint density at radius 1 is 1.58 bits per heavy atom. The molecule has 64 valence electrons. The predicted octanol–water partition coefficient (Wildman–Crippen LogP) is 2.35. The Kier molecular flexibility index (Phi) is 4.12. The molecule has 0 aliphatic carbocycles. The van der Waals surface area contributed by atoms with Crippen LogP contribution in [0.3, 0.4) is 0 Å². The van der Waals surface area contributed by atoms with Gasteiger partial charge in [0.05, 0.1) is 0 Å². The van der Waals surface area contributed by atoms with Crippen molar-refractivity contribution >= 4 is 23.1 Å². The average Bonchev–Trinajstić information content (AvgIpc) is 2.45. The minimum atomic E-state index is 0.852. The molecule has 4 heteroatoms. The molecule has 1 aromatic heterocycles. The van der Waals surface area contributed by atoms with E-state index in [0.717, 1.165) is 27.9 Å². The summed E-state index contributed by atoms with van der Waals surface area (Å²) in [6.07, 6.45) is 7.03. The number of terminal acetylenes is 1. The summed E-state index contributed by atoms with van der Waals surface area (Å²) in [4.78, 5) is 0. The van der Waals surface area contributed by atoms with Gasteiger partial charge in [0, 0.05) is 12.2 Å². The smallest absolute Gasteiger partial charge is 0.143 e. The number of thioether (sulfide) groups is 1. The summed E-state index contributed by atoms with van der Waals surface area (Å²) < 4.78 is 1.05. The fourth-order valence-electron chi connectivity index (χ4n) is 0.670. The lowest BCUT2D eigenvalue weighted by molar-refractivity contribution is 0.970. The van der Waals surface area contributed by atoms with Crippen molar-refractivity contribution in [1.82, 2.24) is 10.2 Å². The van der Waals surface area contributed by atoms with Crippen molar-refractivity contribution in [3.63, 3.8) is 0 Å². The molecule has 0 amide bonds. The fourth-order valence-corrected chi connectivity index (χ4v) is 2.50. The second-order valence-corrected chi connectivity index (χ2v) is 4.77. The number of nitrogens with zero attached hydrogens (tertiary/aromatic N) is 2. The van der Waals surface area contributed by atoms with Gasteiger partial charge in [0.2, 0.25) is 0 Å². The number of hydrogen-bond donors (Lipinski definition) is 0. The normalized spacial score (nSPS) is 9.67. The fraction of sp³-hybridized carbons (Fsp3) is 0.500. The van der Waals surface area contributed by atoms with Crippen molar-refractivity contribution in [1.29, 1.82) is 0 Å². The zero-order chi connectivity index (χ0) is 8.81. The maximum absolute atomic E-state index is 5.13. The molecule has 1 aromatic rings. The Labute approximate surface area is 80.8 Å². The number of unbranched alkanes of at least 4 members (excludes halogenated alkanes) is 1. The van der Waals surface area contributed by atoms with Crippen LogP contribution in [0.25, 0.3) is 0 Å². The van der Waals surface area contributed by atoms with Gasteiger partial charge in [0.1, 0.15) is 5.01 Å². The van der Waals surface area contributed by atoms with Gasteiger partial charge in [0.25, 0.3) is 0 Å². The number of hydrogen-bond acceptors (Lipinski definition) is 4. The summed E-state index contributed by atoms with van der Waals surface area (Å²) in [5.74, 6) is 3.65. The van der Waals surface area contributed by atoms with E-state index in [9.17, 15) is 0 Å². The van der Waals surface area contributed by atoms with E-state index < -0.39 is 0 Å². The first-order chi connectivity index (χ1) is 5.83. The van der Waals surface area contributed by atoms with Crippen LogP contribution >= 0.6 is 23.1 Å². The molecule has 2 nitrogen and oxygen atoms in total. The van der Waals surface area contributed by atoms with Gasteiger partial charge in [-0.15, -0.1) is 22.5 Å². The molecule has 0 atom stereocenters. The number of aryl methyl sites for hydroxylation is 1. The van der Waals surface area contributed by atoms with Crippen LogP contribution in [0.1, 0.15) is 17.8 Å². The third-order valence-corrected chi connectivity index (χ3v) is 3.26. The summed E-state index contributed by atoms with van der Waals surface area (Å²) in [7, 11) is 0. The highest BCUT2D eigenvalue weighted by Gasteiger charge is 1.99. The Bertz CT molecular complexity index is 275. The molecule has 0 aliphatic heterocycles. The molecule has 0 saturated carbocycles. The lowest BCUT2D eigenvalue weighted by Gasteiger charge is -1.91. The van der Waals surface area contributed by atoms with E-state index in [-0.39, 0.29) is 0 Å². The van der Waals surface area contributed by atoms with Crippen molar-refractivity contribution in [2.24, 2.45) is 0 Å². The van der Waals surface area contributed by atoms with Crippen molar-refractivity contribution in [3.8, 4) is 12.3 Å². The quantitative estimate of drug-likeness (QED) is 0.422. The Morgan fingerprint density at radius 3 is 3.00 bits per heavy atom. The summed E-state index contributed by atoms with van der Waals surface area (Å²) in [6.45, 7) is 1.96. The van der Waals surface area contributed by atoms with E-state index in [1.165, 1.54) is 0 Å². The molecule has 0 aromatic carbocycles. The molecule has 0 aliphatic rings. The maximum Gasteiger partial charge on any atom is 0.174 e. The van der Waals surface area contributed by atoms with Gasteiger partial charge >= 0.3 is 0 Å². The van der Waals surface area contributed by atoms with Crippen molar-refractivity contribution in [3.05, 3.63) is 5.01 Å². The zero-order valence-electron chi connectivity index (χ0n) is 6.91. The minimum absolute atomic E-state index is 0.852.